The molecule has 82 valence electrons. The lowest BCUT2D eigenvalue weighted by molar-refractivity contribution is -0.392. The molecule has 1 aromatic rings. The van der Waals surface area contributed by atoms with Crippen molar-refractivity contribution < 1.29 is 14.4 Å². The Morgan fingerprint density at radius 3 is 2.93 bits per heavy atom. The minimum absolute atomic E-state index is 0.0356. The van der Waals surface area contributed by atoms with Gasteiger partial charge in [-0.3, -0.25) is 0 Å². The third-order valence-electron chi connectivity index (χ3n) is 2.24. The highest BCUT2D eigenvalue weighted by Crippen LogP contribution is 2.16. The van der Waals surface area contributed by atoms with Crippen molar-refractivity contribution in [3.63, 3.8) is 0 Å². The molecule has 0 unspecified atom stereocenters. The van der Waals surface area contributed by atoms with Crippen molar-refractivity contribution in [2.75, 3.05) is 13.2 Å². The van der Waals surface area contributed by atoms with Crippen LogP contribution in [0.3, 0.4) is 0 Å². The van der Waals surface area contributed by atoms with Gasteiger partial charge in [-0.05, 0) is 4.92 Å². The normalized spacial score (nSPS) is 17.1. The topological polar surface area (TPSA) is 79.4 Å². The first-order valence-corrected chi connectivity index (χ1v) is 4.58. The number of nitrogens with zero attached hydrogens (tertiary/aromatic N) is 3. The van der Waals surface area contributed by atoms with Gasteiger partial charge in [-0.15, -0.1) is 0 Å². The zero-order chi connectivity index (χ0) is 10.8. The number of aromatic nitrogens is 2. The van der Waals surface area contributed by atoms with E-state index < -0.39 is 11.2 Å². The first-order chi connectivity index (χ1) is 7.18. The van der Waals surface area contributed by atoms with Crippen LogP contribution in [0.4, 0.5) is 5.82 Å². The molecule has 0 radical (unpaired) electrons. The van der Waals surface area contributed by atoms with Crippen molar-refractivity contribution >= 4 is 5.82 Å². The molecule has 7 heteroatoms. The molecule has 0 N–H and O–H groups in total. The summed E-state index contributed by atoms with van der Waals surface area (Å²) in [5, 5.41) is 10.7. The van der Waals surface area contributed by atoms with Gasteiger partial charge in [-0.1, -0.05) is 0 Å². The summed E-state index contributed by atoms with van der Waals surface area (Å²) >= 11 is 0. The molecule has 0 spiro atoms. The molecule has 1 aromatic heterocycles. The van der Waals surface area contributed by atoms with Gasteiger partial charge in [0.25, 0.3) is 0 Å². The summed E-state index contributed by atoms with van der Waals surface area (Å²) in [5.41, 5.74) is 0. The van der Waals surface area contributed by atoms with E-state index in [1.807, 2.05) is 0 Å². The Balaban J connectivity index is 2.18. The maximum atomic E-state index is 10.7. The summed E-state index contributed by atoms with van der Waals surface area (Å²) in [6.45, 7) is 3.09. The zero-order valence-electron chi connectivity index (χ0n) is 8.25. The number of ether oxygens (including phenoxy) is 2. The Bertz CT molecular complexity index is 370. The summed E-state index contributed by atoms with van der Waals surface area (Å²) in [6.07, 6.45) is 0.834. The van der Waals surface area contributed by atoms with Crippen LogP contribution in [0.5, 0.6) is 0 Å². The Morgan fingerprint density at radius 1 is 1.67 bits per heavy atom. The fraction of sp³-hybridized carbons (Fsp3) is 0.625. The second-order valence-corrected chi connectivity index (χ2v) is 3.20. The monoisotopic (exact) mass is 213 g/mol. The van der Waals surface area contributed by atoms with Gasteiger partial charge < -0.3 is 19.6 Å². The maximum absolute atomic E-state index is 10.7. The van der Waals surface area contributed by atoms with Crippen LogP contribution in [0.15, 0.2) is 6.20 Å². The van der Waals surface area contributed by atoms with Gasteiger partial charge in [0, 0.05) is 6.92 Å². The van der Waals surface area contributed by atoms with Crippen molar-refractivity contribution in [2.45, 2.75) is 19.8 Å². The van der Waals surface area contributed by atoms with Crippen molar-refractivity contribution in [3.05, 3.63) is 22.1 Å². The zero-order valence-corrected chi connectivity index (χ0v) is 8.25. The molecule has 0 amide bonds. The lowest BCUT2D eigenvalue weighted by Gasteiger charge is -2.08. The van der Waals surface area contributed by atoms with Crippen molar-refractivity contribution in [1.82, 2.24) is 9.55 Å². The molecule has 15 heavy (non-hydrogen) atoms. The molecule has 2 rings (SSSR count). The van der Waals surface area contributed by atoms with E-state index in [0.29, 0.717) is 25.6 Å². The summed E-state index contributed by atoms with van der Waals surface area (Å²) in [5.74, 6) is 0.549. The molecule has 1 aliphatic rings. The first kappa shape index (κ1) is 10.1. The second kappa shape index (κ2) is 3.95. The molecule has 1 saturated heterocycles. The number of hydrogen-bond donors (Lipinski definition) is 0. The van der Waals surface area contributed by atoms with Crippen LogP contribution >= 0.6 is 0 Å². The molecule has 1 aliphatic heterocycles. The summed E-state index contributed by atoms with van der Waals surface area (Å²) in [6, 6.07) is 0. The standard InChI is InChI=1S/C8H11N3O4/c1-6-9-4-7(11(12)13)10(6)5-8-14-2-3-15-8/h4,8H,2-3,5H2,1H3. The lowest BCUT2D eigenvalue weighted by Crippen LogP contribution is -2.18. The van der Waals surface area contributed by atoms with Crippen molar-refractivity contribution in [2.24, 2.45) is 0 Å². The molecular weight excluding hydrogens is 202 g/mol. The Hall–Kier alpha value is -1.47. The van der Waals surface area contributed by atoms with E-state index in [4.69, 9.17) is 9.47 Å². The van der Waals surface area contributed by atoms with E-state index in [1.54, 1.807) is 6.92 Å². The van der Waals surface area contributed by atoms with Gasteiger partial charge >= 0.3 is 5.82 Å². The Kier molecular flexibility index (Phi) is 2.65. The number of rotatable bonds is 3. The molecule has 0 aromatic carbocycles. The molecule has 1 fully saturated rings. The third kappa shape index (κ3) is 1.97. The van der Waals surface area contributed by atoms with E-state index in [1.165, 1.54) is 10.8 Å². The average Bonchev–Trinajstić information content (AvgIpc) is 2.78. The van der Waals surface area contributed by atoms with Gasteiger partial charge in [0.15, 0.2) is 12.1 Å². The predicted octanol–water partition coefficient (Wildman–Crippen LogP) is 0.473. The molecule has 2 heterocycles. The van der Waals surface area contributed by atoms with E-state index in [2.05, 4.69) is 4.98 Å². The second-order valence-electron chi connectivity index (χ2n) is 3.20. The highest BCUT2D eigenvalue weighted by atomic mass is 16.7. The van der Waals surface area contributed by atoms with Gasteiger partial charge in [0.1, 0.15) is 12.7 Å². The highest BCUT2D eigenvalue weighted by molar-refractivity contribution is 5.18. The van der Waals surface area contributed by atoms with Crippen LogP contribution in [-0.2, 0) is 16.0 Å². The van der Waals surface area contributed by atoms with Crippen LogP contribution in [0.1, 0.15) is 5.82 Å². The van der Waals surface area contributed by atoms with Crippen molar-refractivity contribution in [1.29, 1.82) is 0 Å². The van der Waals surface area contributed by atoms with Crippen LogP contribution in [0.2, 0.25) is 0 Å². The first-order valence-electron chi connectivity index (χ1n) is 4.58. The number of imidazole rings is 1. The predicted molar refractivity (Wildman–Crippen MR) is 49.3 cm³/mol. The largest absolute Gasteiger partial charge is 0.358 e. The lowest BCUT2D eigenvalue weighted by atomic mass is 10.5. The molecule has 0 saturated carbocycles. The number of aryl methyl sites for hydroxylation is 1. The van der Waals surface area contributed by atoms with Crippen LogP contribution in [0, 0.1) is 17.0 Å². The summed E-state index contributed by atoms with van der Waals surface area (Å²) in [7, 11) is 0. The van der Waals surface area contributed by atoms with E-state index in [0.717, 1.165) is 0 Å². The van der Waals surface area contributed by atoms with Gasteiger partial charge in [0.2, 0.25) is 0 Å². The fourth-order valence-electron chi connectivity index (χ4n) is 1.49. The van der Waals surface area contributed by atoms with Gasteiger partial charge in [-0.25, -0.2) is 9.55 Å². The molecule has 0 atom stereocenters. The molecule has 0 bridgehead atoms. The van der Waals surface area contributed by atoms with Crippen LogP contribution < -0.4 is 0 Å². The average molecular weight is 213 g/mol. The van der Waals surface area contributed by atoms with Gasteiger partial charge in [-0.2, -0.15) is 0 Å². The van der Waals surface area contributed by atoms with Gasteiger partial charge in [0.05, 0.1) is 13.2 Å². The Morgan fingerprint density at radius 2 is 2.33 bits per heavy atom. The summed E-state index contributed by atoms with van der Waals surface area (Å²) < 4.78 is 11.9. The Labute approximate surface area is 85.8 Å². The molecule has 7 nitrogen and oxygen atoms in total. The van der Waals surface area contributed by atoms with Crippen LogP contribution in [-0.4, -0.2) is 34.0 Å². The molecular formula is C8H11N3O4. The fourth-order valence-corrected chi connectivity index (χ4v) is 1.49. The number of hydrogen-bond acceptors (Lipinski definition) is 5. The van der Waals surface area contributed by atoms with Crippen molar-refractivity contribution in [3.8, 4) is 0 Å². The van der Waals surface area contributed by atoms with E-state index in [9.17, 15) is 10.1 Å². The van der Waals surface area contributed by atoms with E-state index in [-0.39, 0.29) is 5.82 Å². The smallest absolute Gasteiger partial charge is 0.343 e. The van der Waals surface area contributed by atoms with Crippen LogP contribution in [0.25, 0.3) is 0 Å². The third-order valence-corrected chi connectivity index (χ3v) is 2.24. The minimum Gasteiger partial charge on any atom is -0.358 e. The maximum Gasteiger partial charge on any atom is 0.343 e. The quantitative estimate of drug-likeness (QED) is 0.538. The molecule has 0 aliphatic carbocycles. The summed E-state index contributed by atoms with van der Waals surface area (Å²) in [4.78, 5) is 14.1. The SMILES string of the molecule is Cc1ncc([N+](=O)[O-])n1CC1OCCO1. The highest BCUT2D eigenvalue weighted by Gasteiger charge is 2.24. The number of nitro groups is 1. The minimum atomic E-state index is -0.463. The van der Waals surface area contributed by atoms with E-state index >= 15 is 0 Å².